The molecule has 0 aromatic heterocycles. The molecule has 0 saturated carbocycles. The van der Waals surface area contributed by atoms with Crippen molar-refractivity contribution in [1.29, 1.82) is 0 Å². The first-order chi connectivity index (χ1) is 10.7. The van der Waals surface area contributed by atoms with Crippen LogP contribution >= 0.6 is 0 Å². The van der Waals surface area contributed by atoms with Crippen LogP contribution in [0.25, 0.3) is 0 Å². The van der Waals surface area contributed by atoms with E-state index >= 15 is 0 Å². The van der Waals surface area contributed by atoms with Gasteiger partial charge in [0, 0.05) is 6.61 Å². The van der Waals surface area contributed by atoms with Crippen molar-refractivity contribution in [3.8, 4) is 5.75 Å². The van der Waals surface area contributed by atoms with E-state index < -0.39 is 0 Å². The number of benzene rings is 2. The third kappa shape index (κ3) is 6.90. The van der Waals surface area contributed by atoms with Crippen LogP contribution in [-0.2, 0) is 11.2 Å². The molecule has 0 aliphatic carbocycles. The van der Waals surface area contributed by atoms with E-state index in [9.17, 15) is 4.79 Å². The van der Waals surface area contributed by atoms with E-state index in [1.165, 1.54) is 29.8 Å². The Morgan fingerprint density at radius 1 is 1.05 bits per heavy atom. The third-order valence-electron chi connectivity index (χ3n) is 2.78. The number of rotatable bonds is 5. The van der Waals surface area contributed by atoms with Gasteiger partial charge in [0.1, 0.15) is 5.75 Å². The van der Waals surface area contributed by atoms with Gasteiger partial charge < -0.3 is 14.9 Å². The highest BCUT2D eigenvalue weighted by atomic mass is 16.5. The van der Waals surface area contributed by atoms with E-state index in [2.05, 4.69) is 0 Å². The maximum absolute atomic E-state index is 11.2. The Labute approximate surface area is 131 Å². The fraction of sp³-hybridized carbons (Fsp3) is 0.278. The molecular weight excluding hydrogens is 280 g/mol. The summed E-state index contributed by atoms with van der Waals surface area (Å²) in [5.74, 6) is -0.200. The average Bonchev–Trinajstić information content (AvgIpc) is 2.55. The van der Waals surface area contributed by atoms with Crippen molar-refractivity contribution in [3.05, 3.63) is 65.7 Å². The normalized spacial score (nSPS) is 9.55. The fourth-order valence-electron chi connectivity index (χ4n) is 1.65. The highest BCUT2D eigenvalue weighted by Gasteiger charge is 2.05. The zero-order valence-electron chi connectivity index (χ0n) is 12.7. The molecule has 0 aliphatic heterocycles. The number of hydrogen-bond acceptors (Lipinski definition) is 4. The summed E-state index contributed by atoms with van der Waals surface area (Å²) >= 11 is 0. The molecule has 0 atom stereocenters. The van der Waals surface area contributed by atoms with Gasteiger partial charge in [0.25, 0.3) is 0 Å². The number of phenols is 1. The Balaban J connectivity index is 0.000000235. The molecule has 0 bridgehead atoms. The van der Waals surface area contributed by atoms with Gasteiger partial charge in [0.15, 0.2) is 0 Å². The molecule has 0 heterocycles. The fourth-order valence-corrected chi connectivity index (χ4v) is 1.65. The predicted molar refractivity (Wildman–Crippen MR) is 85.9 cm³/mol. The molecule has 0 spiro atoms. The highest BCUT2D eigenvalue weighted by molar-refractivity contribution is 5.89. The minimum atomic E-state index is -0.346. The van der Waals surface area contributed by atoms with Crippen LogP contribution in [0.4, 0.5) is 0 Å². The molecule has 2 aromatic carbocycles. The first-order valence-corrected chi connectivity index (χ1v) is 7.28. The Morgan fingerprint density at radius 3 is 2.23 bits per heavy atom. The van der Waals surface area contributed by atoms with E-state index in [4.69, 9.17) is 14.9 Å². The zero-order valence-corrected chi connectivity index (χ0v) is 12.7. The van der Waals surface area contributed by atoms with Crippen LogP contribution in [0.2, 0.25) is 0 Å². The van der Waals surface area contributed by atoms with Crippen LogP contribution in [0.15, 0.2) is 54.6 Å². The Hall–Kier alpha value is -2.33. The molecule has 0 aliphatic rings. The Bertz CT molecular complexity index is 535. The minimum Gasteiger partial charge on any atom is -0.508 e. The molecule has 0 saturated heterocycles. The molecule has 4 nitrogen and oxygen atoms in total. The lowest BCUT2D eigenvalue weighted by molar-refractivity contribution is 0.0505. The number of esters is 1. The molecule has 0 radical (unpaired) electrons. The second kappa shape index (κ2) is 10.4. The molecule has 118 valence electrons. The zero-order chi connectivity index (χ0) is 16.2. The van der Waals surface area contributed by atoms with Crippen molar-refractivity contribution in [2.75, 3.05) is 13.2 Å². The highest BCUT2D eigenvalue weighted by Crippen LogP contribution is 2.10. The summed E-state index contributed by atoms with van der Waals surface area (Å²) in [6.07, 6.45) is 1.57. The van der Waals surface area contributed by atoms with Crippen molar-refractivity contribution in [1.82, 2.24) is 0 Å². The average molecular weight is 302 g/mol. The van der Waals surface area contributed by atoms with E-state index in [-0.39, 0.29) is 18.3 Å². The topological polar surface area (TPSA) is 66.8 Å². The number of carbonyl (C=O) groups is 1. The largest absolute Gasteiger partial charge is 0.508 e. The molecular formula is C18H22O4. The van der Waals surface area contributed by atoms with Gasteiger partial charge >= 0.3 is 5.97 Å². The van der Waals surface area contributed by atoms with Crippen LogP contribution in [0.1, 0.15) is 29.3 Å². The number of carbonyl (C=O) groups excluding carboxylic acids is 1. The van der Waals surface area contributed by atoms with Crippen molar-refractivity contribution in [2.24, 2.45) is 0 Å². The molecule has 0 fully saturated rings. The number of aliphatic hydroxyl groups excluding tert-OH is 1. The predicted octanol–water partition coefficient (Wildman–Crippen LogP) is 3.18. The van der Waals surface area contributed by atoms with Crippen LogP contribution in [0.3, 0.4) is 0 Å². The second-order valence-electron chi connectivity index (χ2n) is 4.64. The Morgan fingerprint density at radius 2 is 1.68 bits per heavy atom. The molecule has 0 unspecified atom stereocenters. The SMILES string of the molecule is CCCOC(=O)c1ccc(O)cc1.OCCc1ccccc1. The number of aliphatic hydroxyl groups is 1. The summed E-state index contributed by atoms with van der Waals surface area (Å²) < 4.78 is 4.90. The first-order valence-electron chi connectivity index (χ1n) is 7.28. The van der Waals surface area contributed by atoms with Crippen LogP contribution in [0, 0.1) is 0 Å². The first kappa shape index (κ1) is 17.7. The van der Waals surface area contributed by atoms with E-state index in [0.717, 1.165) is 12.8 Å². The Kier molecular flexibility index (Phi) is 8.38. The summed E-state index contributed by atoms with van der Waals surface area (Å²) in [7, 11) is 0. The van der Waals surface area contributed by atoms with Gasteiger partial charge in [-0.1, -0.05) is 37.3 Å². The van der Waals surface area contributed by atoms with E-state index in [0.29, 0.717) is 12.2 Å². The van der Waals surface area contributed by atoms with Gasteiger partial charge in [-0.15, -0.1) is 0 Å². The third-order valence-corrected chi connectivity index (χ3v) is 2.78. The molecule has 2 aromatic rings. The monoisotopic (exact) mass is 302 g/mol. The van der Waals surface area contributed by atoms with Gasteiger partial charge in [-0.3, -0.25) is 0 Å². The van der Waals surface area contributed by atoms with Crippen molar-refractivity contribution >= 4 is 5.97 Å². The van der Waals surface area contributed by atoms with Crippen LogP contribution < -0.4 is 0 Å². The van der Waals surface area contributed by atoms with Gasteiger partial charge in [-0.25, -0.2) is 4.79 Å². The number of aromatic hydroxyl groups is 1. The van der Waals surface area contributed by atoms with Crippen molar-refractivity contribution < 1.29 is 19.7 Å². The van der Waals surface area contributed by atoms with E-state index in [1.807, 2.05) is 37.3 Å². The molecule has 0 amide bonds. The van der Waals surface area contributed by atoms with Crippen LogP contribution in [0.5, 0.6) is 5.75 Å². The number of phenolic OH excluding ortho intramolecular Hbond substituents is 1. The van der Waals surface area contributed by atoms with Crippen LogP contribution in [-0.4, -0.2) is 29.4 Å². The lowest BCUT2D eigenvalue weighted by Crippen LogP contribution is -2.05. The standard InChI is InChI=1S/C10H12O3.C8H10O/c1-2-7-13-10(12)8-3-5-9(11)6-4-8;9-7-6-8-4-2-1-3-5-8/h3-6,11H,2,7H2,1H3;1-5,9H,6-7H2. The lowest BCUT2D eigenvalue weighted by Gasteiger charge is -2.02. The molecule has 4 heteroatoms. The van der Waals surface area contributed by atoms with Crippen molar-refractivity contribution in [3.63, 3.8) is 0 Å². The van der Waals surface area contributed by atoms with E-state index in [1.54, 1.807) is 0 Å². The smallest absolute Gasteiger partial charge is 0.338 e. The summed E-state index contributed by atoms with van der Waals surface area (Å²) in [6.45, 7) is 2.60. The summed E-state index contributed by atoms with van der Waals surface area (Å²) in [6, 6.07) is 15.9. The molecule has 2 N–H and O–H groups in total. The summed E-state index contributed by atoms with van der Waals surface area (Å²) in [5, 5.41) is 17.5. The van der Waals surface area contributed by atoms with Crippen molar-refractivity contribution in [2.45, 2.75) is 19.8 Å². The molecule has 2 rings (SSSR count). The minimum absolute atomic E-state index is 0.145. The maximum atomic E-state index is 11.2. The van der Waals surface area contributed by atoms with Gasteiger partial charge in [-0.2, -0.15) is 0 Å². The molecule has 22 heavy (non-hydrogen) atoms. The van der Waals surface area contributed by atoms with Gasteiger partial charge in [0.05, 0.1) is 12.2 Å². The van der Waals surface area contributed by atoms with Gasteiger partial charge in [-0.05, 0) is 42.7 Å². The second-order valence-corrected chi connectivity index (χ2v) is 4.64. The summed E-state index contributed by atoms with van der Waals surface area (Å²) in [4.78, 5) is 11.2. The quantitative estimate of drug-likeness (QED) is 0.832. The maximum Gasteiger partial charge on any atom is 0.338 e. The lowest BCUT2D eigenvalue weighted by atomic mass is 10.2. The number of ether oxygens (including phenoxy) is 1. The van der Waals surface area contributed by atoms with Gasteiger partial charge in [0.2, 0.25) is 0 Å². The summed E-state index contributed by atoms with van der Waals surface area (Å²) in [5.41, 5.74) is 1.66. The number of hydrogen-bond donors (Lipinski definition) is 2.